The minimum atomic E-state index is 1.03. The van der Waals surface area contributed by atoms with E-state index in [2.05, 4.69) is 39.5 Å². The molecule has 0 saturated heterocycles. The fourth-order valence-electron chi connectivity index (χ4n) is 1.07. The van der Waals surface area contributed by atoms with Gasteiger partial charge in [-0.1, -0.05) is 29.4 Å². The van der Waals surface area contributed by atoms with E-state index in [9.17, 15) is 0 Å². The van der Waals surface area contributed by atoms with E-state index in [0.717, 1.165) is 12.8 Å². The summed E-state index contributed by atoms with van der Waals surface area (Å²) in [7, 11) is 0. The van der Waals surface area contributed by atoms with Crippen LogP contribution in [0.25, 0.3) is 0 Å². The number of hydrogen-bond donors (Lipinski definition) is 0. The summed E-state index contributed by atoms with van der Waals surface area (Å²) in [5.74, 6) is 0. The van der Waals surface area contributed by atoms with Gasteiger partial charge in [-0.05, 0) is 40.0 Å². The van der Waals surface area contributed by atoms with E-state index in [1.807, 2.05) is 6.08 Å². The first-order valence-corrected chi connectivity index (χ1v) is 4.59. The second kappa shape index (κ2) is 6.90. The maximum atomic E-state index is 3.73. The van der Waals surface area contributed by atoms with Crippen LogP contribution in [0.3, 0.4) is 0 Å². The van der Waals surface area contributed by atoms with Crippen molar-refractivity contribution in [3.05, 3.63) is 36.0 Å². The standard InChI is InChI=1S/C12H20/c1-5-7-8-10-12(4)11(3)9-6-2/h5-7H,2,8-10H2,1,3-4H3. The predicted octanol–water partition coefficient (Wildman–Crippen LogP) is 4.26. The Morgan fingerprint density at radius 1 is 1.25 bits per heavy atom. The van der Waals surface area contributed by atoms with Crippen LogP contribution in [0, 0.1) is 0 Å². The van der Waals surface area contributed by atoms with E-state index in [0.29, 0.717) is 0 Å². The Morgan fingerprint density at radius 2 is 1.92 bits per heavy atom. The second-order valence-electron chi connectivity index (χ2n) is 3.16. The van der Waals surface area contributed by atoms with Gasteiger partial charge in [0, 0.05) is 0 Å². The van der Waals surface area contributed by atoms with Crippen molar-refractivity contribution < 1.29 is 0 Å². The molecular weight excluding hydrogens is 144 g/mol. The molecule has 0 bridgehead atoms. The van der Waals surface area contributed by atoms with Crippen molar-refractivity contribution in [2.45, 2.75) is 40.0 Å². The lowest BCUT2D eigenvalue weighted by molar-refractivity contribution is 0.939. The van der Waals surface area contributed by atoms with Crippen molar-refractivity contribution in [1.82, 2.24) is 0 Å². The molecule has 0 rings (SSSR count). The Kier molecular flexibility index (Phi) is 6.45. The van der Waals surface area contributed by atoms with Crippen molar-refractivity contribution in [3.63, 3.8) is 0 Å². The molecule has 0 aliphatic carbocycles. The third-order valence-electron chi connectivity index (χ3n) is 2.10. The summed E-state index contributed by atoms with van der Waals surface area (Å²) in [6.45, 7) is 10.2. The molecule has 0 nitrogen and oxygen atoms in total. The first-order valence-electron chi connectivity index (χ1n) is 4.59. The normalized spacial score (nSPS) is 13.2. The quantitative estimate of drug-likeness (QED) is 0.533. The van der Waals surface area contributed by atoms with Crippen LogP contribution < -0.4 is 0 Å². The summed E-state index contributed by atoms with van der Waals surface area (Å²) in [6, 6.07) is 0. The Morgan fingerprint density at radius 3 is 2.42 bits per heavy atom. The van der Waals surface area contributed by atoms with Gasteiger partial charge in [0.2, 0.25) is 0 Å². The Bertz CT molecular complexity index is 182. The van der Waals surface area contributed by atoms with Crippen LogP contribution in [0.5, 0.6) is 0 Å². The van der Waals surface area contributed by atoms with Crippen LogP contribution in [0.15, 0.2) is 36.0 Å². The van der Waals surface area contributed by atoms with Gasteiger partial charge in [-0.15, -0.1) is 6.58 Å². The Labute approximate surface area is 76.7 Å². The molecule has 0 unspecified atom stereocenters. The van der Waals surface area contributed by atoms with E-state index >= 15 is 0 Å². The predicted molar refractivity (Wildman–Crippen MR) is 57.2 cm³/mol. The van der Waals surface area contributed by atoms with Gasteiger partial charge in [-0.2, -0.15) is 0 Å². The molecule has 0 radical (unpaired) electrons. The Hall–Kier alpha value is -0.780. The molecule has 0 aromatic rings. The average molecular weight is 164 g/mol. The molecule has 0 atom stereocenters. The highest BCUT2D eigenvalue weighted by atomic mass is 14.0. The lowest BCUT2D eigenvalue weighted by Crippen LogP contribution is -1.82. The van der Waals surface area contributed by atoms with Gasteiger partial charge in [-0.3, -0.25) is 0 Å². The molecule has 0 aromatic heterocycles. The maximum absolute atomic E-state index is 3.73. The summed E-state index contributed by atoms with van der Waals surface area (Å²) in [5, 5.41) is 0. The van der Waals surface area contributed by atoms with E-state index < -0.39 is 0 Å². The number of hydrogen-bond acceptors (Lipinski definition) is 0. The van der Waals surface area contributed by atoms with Crippen LogP contribution in [0.2, 0.25) is 0 Å². The Balaban J connectivity index is 3.89. The third-order valence-corrected chi connectivity index (χ3v) is 2.10. The largest absolute Gasteiger partial charge is 0.103 e. The van der Waals surface area contributed by atoms with Gasteiger partial charge in [0.15, 0.2) is 0 Å². The molecule has 0 heteroatoms. The molecule has 0 saturated carbocycles. The lowest BCUT2D eigenvalue weighted by atomic mass is 10.0. The van der Waals surface area contributed by atoms with Crippen molar-refractivity contribution >= 4 is 0 Å². The van der Waals surface area contributed by atoms with E-state index in [-0.39, 0.29) is 0 Å². The molecule has 0 fully saturated rings. The fraction of sp³-hybridized carbons (Fsp3) is 0.500. The van der Waals surface area contributed by atoms with Crippen LogP contribution in [-0.4, -0.2) is 0 Å². The first kappa shape index (κ1) is 11.2. The molecule has 0 heterocycles. The van der Waals surface area contributed by atoms with E-state index in [4.69, 9.17) is 0 Å². The van der Waals surface area contributed by atoms with Gasteiger partial charge in [0.1, 0.15) is 0 Å². The van der Waals surface area contributed by atoms with Crippen LogP contribution in [0.4, 0.5) is 0 Å². The molecular formula is C12H20. The van der Waals surface area contributed by atoms with E-state index in [1.54, 1.807) is 0 Å². The molecule has 0 aliphatic heterocycles. The van der Waals surface area contributed by atoms with Crippen molar-refractivity contribution in [2.24, 2.45) is 0 Å². The van der Waals surface area contributed by atoms with Crippen LogP contribution >= 0.6 is 0 Å². The number of allylic oxidation sites excluding steroid dienone is 5. The number of rotatable bonds is 5. The van der Waals surface area contributed by atoms with Gasteiger partial charge in [-0.25, -0.2) is 0 Å². The molecule has 0 spiro atoms. The molecule has 0 aromatic carbocycles. The minimum Gasteiger partial charge on any atom is -0.103 e. The molecule has 68 valence electrons. The monoisotopic (exact) mass is 164 g/mol. The van der Waals surface area contributed by atoms with Crippen molar-refractivity contribution in [3.8, 4) is 0 Å². The van der Waals surface area contributed by atoms with Gasteiger partial charge >= 0.3 is 0 Å². The zero-order valence-electron chi connectivity index (χ0n) is 8.56. The topological polar surface area (TPSA) is 0 Å². The highest BCUT2D eigenvalue weighted by molar-refractivity contribution is 5.12. The van der Waals surface area contributed by atoms with Gasteiger partial charge < -0.3 is 0 Å². The summed E-state index contributed by atoms with van der Waals surface area (Å²) < 4.78 is 0. The molecule has 12 heavy (non-hydrogen) atoms. The summed E-state index contributed by atoms with van der Waals surface area (Å²) in [4.78, 5) is 0. The zero-order valence-corrected chi connectivity index (χ0v) is 8.56. The van der Waals surface area contributed by atoms with Crippen LogP contribution in [0.1, 0.15) is 40.0 Å². The lowest BCUT2D eigenvalue weighted by Gasteiger charge is -2.03. The minimum absolute atomic E-state index is 1.03. The maximum Gasteiger partial charge on any atom is -0.0142 e. The molecule has 0 N–H and O–H groups in total. The second-order valence-corrected chi connectivity index (χ2v) is 3.16. The summed E-state index contributed by atoms with van der Waals surface area (Å²) in [5.41, 5.74) is 2.97. The van der Waals surface area contributed by atoms with E-state index in [1.165, 1.54) is 17.6 Å². The van der Waals surface area contributed by atoms with Gasteiger partial charge in [0.05, 0.1) is 0 Å². The average Bonchev–Trinajstić information content (AvgIpc) is 2.05. The molecule has 0 aliphatic rings. The highest BCUT2D eigenvalue weighted by Crippen LogP contribution is 2.13. The highest BCUT2D eigenvalue weighted by Gasteiger charge is 1.93. The van der Waals surface area contributed by atoms with Crippen molar-refractivity contribution in [2.75, 3.05) is 0 Å². The zero-order chi connectivity index (χ0) is 9.40. The third kappa shape index (κ3) is 4.95. The smallest absolute Gasteiger partial charge is 0.0142 e. The first-order chi connectivity index (χ1) is 5.72. The fourth-order valence-corrected chi connectivity index (χ4v) is 1.07. The van der Waals surface area contributed by atoms with Crippen LogP contribution in [-0.2, 0) is 0 Å². The summed E-state index contributed by atoms with van der Waals surface area (Å²) in [6.07, 6.45) is 9.66. The molecule has 0 amide bonds. The SMILES string of the molecule is C=CCC(C)=C(C)CCC=CC. The van der Waals surface area contributed by atoms with Gasteiger partial charge in [0.25, 0.3) is 0 Å². The summed E-state index contributed by atoms with van der Waals surface area (Å²) >= 11 is 0. The van der Waals surface area contributed by atoms with Crippen molar-refractivity contribution in [1.29, 1.82) is 0 Å².